The highest BCUT2D eigenvalue weighted by Crippen LogP contribution is 2.36. The van der Waals surface area contributed by atoms with Gasteiger partial charge in [0.15, 0.2) is 23.7 Å². The predicted octanol–water partition coefficient (Wildman–Crippen LogP) is 2.57. The highest BCUT2D eigenvalue weighted by atomic mass is 35.5. The number of carbonyl (C=O) groups is 3. The third kappa shape index (κ3) is 3.93. The van der Waals surface area contributed by atoms with Crippen molar-refractivity contribution in [2.24, 2.45) is 10.3 Å². The molecule has 0 radical (unpaired) electrons. The number of imide groups is 1. The molecule has 33 heavy (non-hydrogen) atoms. The van der Waals surface area contributed by atoms with Crippen molar-refractivity contribution in [3.8, 4) is 11.5 Å². The molecule has 1 fully saturated rings. The maximum atomic E-state index is 13.6. The van der Waals surface area contributed by atoms with E-state index in [1.807, 2.05) is 0 Å². The van der Waals surface area contributed by atoms with E-state index in [0.717, 1.165) is 23.2 Å². The van der Waals surface area contributed by atoms with Crippen molar-refractivity contribution in [1.29, 1.82) is 0 Å². The minimum absolute atomic E-state index is 0.143. The molecule has 1 saturated heterocycles. The fourth-order valence-corrected chi connectivity index (χ4v) is 3.77. The van der Waals surface area contributed by atoms with Crippen molar-refractivity contribution in [3.05, 3.63) is 47.0 Å². The molecular formula is C20H16ClF2N5O5. The zero-order valence-electron chi connectivity index (χ0n) is 17.2. The van der Waals surface area contributed by atoms with E-state index in [4.69, 9.17) is 21.1 Å². The van der Waals surface area contributed by atoms with Crippen LogP contribution in [0.5, 0.6) is 11.5 Å². The Morgan fingerprint density at radius 1 is 1.09 bits per heavy atom. The standard InChI is InChI=1S/C20H16ClF2N5O5/c1-32-14-7-15(33-2)13(6-10(14)21)24-16(29)8-27-18-17(25-26-27)19(30)28(20(18)31)9-3-4-11(22)12(23)5-9/h3-7,17-18H,8H2,1-2H3,(H,24,29)/t17-,18-/m1/s1. The van der Waals surface area contributed by atoms with Crippen LogP contribution in [-0.2, 0) is 14.4 Å². The summed E-state index contributed by atoms with van der Waals surface area (Å²) in [4.78, 5) is 38.9. The van der Waals surface area contributed by atoms with E-state index < -0.39 is 48.0 Å². The molecule has 1 N–H and O–H groups in total. The summed E-state index contributed by atoms with van der Waals surface area (Å²) in [6, 6.07) is 3.16. The first kappa shape index (κ1) is 22.4. The molecule has 2 aliphatic heterocycles. The summed E-state index contributed by atoms with van der Waals surface area (Å²) in [6.07, 6.45) is 0. The number of hydrogen-bond donors (Lipinski definition) is 1. The van der Waals surface area contributed by atoms with Crippen LogP contribution in [0.15, 0.2) is 40.7 Å². The van der Waals surface area contributed by atoms with Gasteiger partial charge in [0, 0.05) is 12.1 Å². The summed E-state index contributed by atoms with van der Waals surface area (Å²) >= 11 is 6.10. The number of fused-ring (bicyclic) bond motifs is 1. The number of amides is 3. The lowest BCUT2D eigenvalue weighted by molar-refractivity contribution is -0.123. The second-order valence-corrected chi connectivity index (χ2v) is 7.44. The van der Waals surface area contributed by atoms with E-state index in [1.165, 1.54) is 26.4 Å². The molecule has 0 unspecified atom stereocenters. The van der Waals surface area contributed by atoms with E-state index >= 15 is 0 Å². The Labute approximate surface area is 190 Å². The van der Waals surface area contributed by atoms with Gasteiger partial charge in [-0.2, -0.15) is 5.11 Å². The first-order valence-electron chi connectivity index (χ1n) is 9.46. The van der Waals surface area contributed by atoms with Crippen molar-refractivity contribution >= 4 is 40.7 Å². The van der Waals surface area contributed by atoms with Gasteiger partial charge in [-0.05, 0) is 18.2 Å². The van der Waals surface area contributed by atoms with E-state index in [1.54, 1.807) is 0 Å². The number of hydrogen-bond acceptors (Lipinski definition) is 8. The normalized spacial score (nSPS) is 19.2. The van der Waals surface area contributed by atoms with Gasteiger partial charge in [0.1, 0.15) is 18.0 Å². The fourth-order valence-electron chi connectivity index (χ4n) is 3.53. The van der Waals surface area contributed by atoms with E-state index in [2.05, 4.69) is 15.7 Å². The summed E-state index contributed by atoms with van der Waals surface area (Å²) in [5.41, 5.74) is 0.105. The van der Waals surface area contributed by atoms with Gasteiger partial charge in [0.25, 0.3) is 11.8 Å². The number of carbonyl (C=O) groups excluding carboxylic acids is 3. The Kier molecular flexibility index (Phi) is 5.85. The highest BCUT2D eigenvalue weighted by molar-refractivity contribution is 6.32. The maximum absolute atomic E-state index is 13.6. The van der Waals surface area contributed by atoms with Gasteiger partial charge < -0.3 is 14.8 Å². The zero-order valence-corrected chi connectivity index (χ0v) is 18.0. The summed E-state index contributed by atoms with van der Waals surface area (Å²) in [5.74, 6) is -3.83. The first-order chi connectivity index (χ1) is 15.7. The van der Waals surface area contributed by atoms with Gasteiger partial charge in [-0.25, -0.2) is 13.7 Å². The van der Waals surface area contributed by atoms with Crippen LogP contribution < -0.4 is 19.7 Å². The Morgan fingerprint density at radius 2 is 1.82 bits per heavy atom. The summed E-state index contributed by atoms with van der Waals surface area (Å²) in [7, 11) is 2.82. The molecule has 3 amide bonds. The number of ether oxygens (including phenoxy) is 2. The van der Waals surface area contributed by atoms with Gasteiger partial charge in [0.2, 0.25) is 5.91 Å². The molecule has 0 spiro atoms. The molecule has 2 aliphatic rings. The molecule has 2 heterocycles. The molecular weight excluding hydrogens is 464 g/mol. The van der Waals surface area contributed by atoms with Crippen LogP contribution in [0.3, 0.4) is 0 Å². The Balaban J connectivity index is 1.51. The van der Waals surface area contributed by atoms with Gasteiger partial charge in [-0.3, -0.25) is 19.4 Å². The lowest BCUT2D eigenvalue weighted by Crippen LogP contribution is -2.43. The molecule has 2 aromatic carbocycles. The molecule has 13 heteroatoms. The van der Waals surface area contributed by atoms with Crippen LogP contribution in [-0.4, -0.2) is 55.6 Å². The number of benzene rings is 2. The predicted molar refractivity (Wildman–Crippen MR) is 111 cm³/mol. The van der Waals surface area contributed by atoms with Gasteiger partial charge in [-0.1, -0.05) is 16.8 Å². The van der Waals surface area contributed by atoms with Crippen molar-refractivity contribution in [2.45, 2.75) is 12.1 Å². The topological polar surface area (TPSA) is 113 Å². The lowest BCUT2D eigenvalue weighted by Gasteiger charge is -2.20. The summed E-state index contributed by atoms with van der Waals surface area (Å²) < 4.78 is 37.2. The SMILES string of the molecule is COc1cc(OC)c(NC(=O)CN2N=N[C@H]3C(=O)N(c4ccc(F)c(F)c4)C(=O)[C@@H]32)cc1Cl. The molecule has 0 saturated carbocycles. The van der Waals surface area contributed by atoms with Gasteiger partial charge >= 0.3 is 0 Å². The second kappa shape index (κ2) is 8.62. The average Bonchev–Trinajstić information content (AvgIpc) is 3.30. The van der Waals surface area contributed by atoms with Gasteiger partial charge in [0.05, 0.1) is 30.6 Å². The Hall–Kier alpha value is -3.80. The van der Waals surface area contributed by atoms with Crippen molar-refractivity contribution < 1.29 is 32.6 Å². The first-order valence-corrected chi connectivity index (χ1v) is 9.84. The second-order valence-electron chi connectivity index (χ2n) is 7.04. The molecule has 10 nitrogen and oxygen atoms in total. The number of nitrogens with zero attached hydrogens (tertiary/aromatic N) is 4. The molecule has 172 valence electrons. The smallest absolute Gasteiger partial charge is 0.263 e. The fraction of sp³-hybridized carbons (Fsp3) is 0.250. The third-order valence-corrected chi connectivity index (χ3v) is 5.37. The van der Waals surface area contributed by atoms with Crippen molar-refractivity contribution in [1.82, 2.24) is 5.01 Å². The largest absolute Gasteiger partial charge is 0.495 e. The molecule has 2 atom stereocenters. The van der Waals surface area contributed by atoms with Crippen molar-refractivity contribution in [2.75, 3.05) is 31.0 Å². The summed E-state index contributed by atoms with van der Waals surface area (Å²) in [5, 5.41) is 11.4. The highest BCUT2D eigenvalue weighted by Gasteiger charge is 2.55. The van der Waals surface area contributed by atoms with Crippen LogP contribution in [0.2, 0.25) is 5.02 Å². The summed E-state index contributed by atoms with van der Waals surface area (Å²) in [6.45, 7) is -0.428. The molecule has 2 aromatic rings. The Bertz CT molecular complexity index is 1190. The van der Waals surface area contributed by atoms with Crippen LogP contribution in [0.1, 0.15) is 0 Å². The number of methoxy groups -OCH3 is 2. The van der Waals surface area contributed by atoms with E-state index in [0.29, 0.717) is 10.6 Å². The molecule has 4 rings (SSSR count). The number of anilines is 2. The Morgan fingerprint density at radius 3 is 2.48 bits per heavy atom. The molecule has 0 aliphatic carbocycles. The van der Waals surface area contributed by atoms with E-state index in [9.17, 15) is 23.2 Å². The minimum Gasteiger partial charge on any atom is -0.495 e. The quantitative estimate of drug-likeness (QED) is 0.637. The van der Waals surface area contributed by atoms with Crippen LogP contribution in [0.4, 0.5) is 20.2 Å². The van der Waals surface area contributed by atoms with Crippen molar-refractivity contribution in [3.63, 3.8) is 0 Å². The lowest BCUT2D eigenvalue weighted by atomic mass is 10.1. The van der Waals surface area contributed by atoms with E-state index in [-0.39, 0.29) is 22.1 Å². The van der Waals surface area contributed by atoms with Crippen LogP contribution in [0.25, 0.3) is 0 Å². The number of nitrogens with one attached hydrogen (secondary N) is 1. The zero-order chi connectivity index (χ0) is 23.9. The number of halogens is 3. The molecule has 0 bridgehead atoms. The van der Waals surface area contributed by atoms with Crippen LogP contribution in [0, 0.1) is 11.6 Å². The average molecular weight is 480 g/mol. The van der Waals surface area contributed by atoms with Crippen LogP contribution >= 0.6 is 11.6 Å². The minimum atomic E-state index is -1.21. The number of rotatable bonds is 6. The third-order valence-electron chi connectivity index (χ3n) is 5.07. The monoisotopic (exact) mass is 479 g/mol. The molecule has 0 aromatic heterocycles. The van der Waals surface area contributed by atoms with Gasteiger partial charge in [-0.15, -0.1) is 0 Å². The maximum Gasteiger partial charge on any atom is 0.263 e.